The van der Waals surface area contributed by atoms with Crippen molar-refractivity contribution >= 4 is 23.1 Å². The minimum atomic E-state index is 0.281. The van der Waals surface area contributed by atoms with Crippen molar-refractivity contribution in [3.8, 4) is 11.4 Å². The highest BCUT2D eigenvalue weighted by molar-refractivity contribution is 5.65. The van der Waals surface area contributed by atoms with Crippen molar-refractivity contribution in [2.45, 2.75) is 19.9 Å². The molecular formula is C19H22N6. The zero-order valence-electron chi connectivity index (χ0n) is 14.6. The van der Waals surface area contributed by atoms with Gasteiger partial charge in [0.1, 0.15) is 17.5 Å². The minimum absolute atomic E-state index is 0.281. The molecular weight excluding hydrogens is 312 g/mol. The van der Waals surface area contributed by atoms with E-state index in [9.17, 15) is 0 Å². The third-order valence-electron chi connectivity index (χ3n) is 3.49. The van der Waals surface area contributed by atoms with E-state index >= 15 is 0 Å². The molecule has 3 N–H and O–H groups in total. The van der Waals surface area contributed by atoms with Crippen molar-refractivity contribution in [1.82, 2.24) is 15.0 Å². The molecule has 6 nitrogen and oxygen atoms in total. The molecule has 0 bridgehead atoms. The molecule has 2 heterocycles. The molecule has 0 aliphatic carbocycles. The molecule has 0 aliphatic heterocycles. The molecule has 3 rings (SSSR count). The zero-order chi connectivity index (χ0) is 17.6. The first-order valence-corrected chi connectivity index (χ1v) is 8.26. The lowest BCUT2D eigenvalue weighted by Gasteiger charge is -2.13. The van der Waals surface area contributed by atoms with Crippen LogP contribution in [0, 0.1) is 0 Å². The maximum Gasteiger partial charge on any atom is 0.163 e. The second-order valence-corrected chi connectivity index (χ2v) is 5.93. The van der Waals surface area contributed by atoms with Gasteiger partial charge in [0.2, 0.25) is 0 Å². The van der Waals surface area contributed by atoms with E-state index in [1.54, 1.807) is 6.20 Å². The topological polar surface area (TPSA) is 74.8 Å². The van der Waals surface area contributed by atoms with Crippen LogP contribution in [0.3, 0.4) is 0 Å². The lowest BCUT2D eigenvalue weighted by atomic mass is 10.2. The molecule has 1 aromatic carbocycles. The van der Waals surface area contributed by atoms with Gasteiger partial charge in [0.15, 0.2) is 5.82 Å². The molecule has 0 amide bonds. The van der Waals surface area contributed by atoms with Crippen LogP contribution in [0.1, 0.15) is 13.8 Å². The van der Waals surface area contributed by atoms with Gasteiger partial charge >= 0.3 is 0 Å². The Bertz CT molecular complexity index is 815. The van der Waals surface area contributed by atoms with Gasteiger partial charge in [-0.05, 0) is 26.0 Å². The van der Waals surface area contributed by atoms with Gasteiger partial charge in [-0.25, -0.2) is 15.0 Å². The van der Waals surface area contributed by atoms with E-state index in [-0.39, 0.29) is 6.04 Å². The first-order chi connectivity index (χ1) is 12.1. The van der Waals surface area contributed by atoms with Crippen molar-refractivity contribution in [1.29, 1.82) is 0 Å². The van der Waals surface area contributed by atoms with Gasteiger partial charge in [0.05, 0.1) is 11.9 Å². The Hall–Kier alpha value is -3.15. The molecule has 0 spiro atoms. The van der Waals surface area contributed by atoms with E-state index in [2.05, 4.69) is 44.7 Å². The fourth-order valence-corrected chi connectivity index (χ4v) is 2.36. The molecule has 128 valence electrons. The van der Waals surface area contributed by atoms with Gasteiger partial charge in [0, 0.05) is 24.7 Å². The summed E-state index contributed by atoms with van der Waals surface area (Å²) < 4.78 is 0. The smallest absolute Gasteiger partial charge is 0.163 e. The van der Waals surface area contributed by atoms with E-state index in [0.717, 1.165) is 28.7 Å². The van der Waals surface area contributed by atoms with Crippen molar-refractivity contribution in [2.24, 2.45) is 0 Å². The Balaban J connectivity index is 1.93. The van der Waals surface area contributed by atoms with Crippen LogP contribution in [-0.4, -0.2) is 28.0 Å². The number of rotatable bonds is 6. The van der Waals surface area contributed by atoms with E-state index in [4.69, 9.17) is 0 Å². The Morgan fingerprint density at radius 1 is 0.880 bits per heavy atom. The number of benzene rings is 1. The summed E-state index contributed by atoms with van der Waals surface area (Å²) in [6.07, 6.45) is 1.77. The molecule has 6 heteroatoms. The molecule has 0 fully saturated rings. The van der Waals surface area contributed by atoms with Gasteiger partial charge in [0.25, 0.3) is 0 Å². The van der Waals surface area contributed by atoms with Gasteiger partial charge in [-0.1, -0.05) is 30.3 Å². The molecule has 25 heavy (non-hydrogen) atoms. The summed E-state index contributed by atoms with van der Waals surface area (Å²) in [5, 5.41) is 9.65. The quantitative estimate of drug-likeness (QED) is 0.629. The highest BCUT2D eigenvalue weighted by atomic mass is 15.1. The summed E-state index contributed by atoms with van der Waals surface area (Å²) in [7, 11) is 1.84. The van der Waals surface area contributed by atoms with E-state index in [1.165, 1.54) is 0 Å². The molecule has 0 radical (unpaired) electrons. The number of anilines is 4. The summed E-state index contributed by atoms with van der Waals surface area (Å²) in [5.41, 5.74) is 1.84. The van der Waals surface area contributed by atoms with Crippen LogP contribution in [0.15, 0.2) is 54.7 Å². The van der Waals surface area contributed by atoms with Crippen LogP contribution < -0.4 is 16.0 Å². The molecule has 0 saturated carbocycles. The van der Waals surface area contributed by atoms with Crippen LogP contribution >= 0.6 is 0 Å². The zero-order valence-corrected chi connectivity index (χ0v) is 14.6. The summed E-state index contributed by atoms with van der Waals surface area (Å²) >= 11 is 0. The predicted molar refractivity (Wildman–Crippen MR) is 103 cm³/mol. The number of hydrogen-bond donors (Lipinski definition) is 3. The highest BCUT2D eigenvalue weighted by Gasteiger charge is 2.08. The summed E-state index contributed by atoms with van der Waals surface area (Å²) in [4.78, 5) is 13.6. The molecule has 0 aliphatic rings. The van der Waals surface area contributed by atoms with Gasteiger partial charge in [-0.3, -0.25) is 0 Å². The van der Waals surface area contributed by atoms with Crippen LogP contribution in [0.25, 0.3) is 11.4 Å². The molecule has 3 aromatic rings. The van der Waals surface area contributed by atoms with E-state index < -0.39 is 0 Å². The maximum absolute atomic E-state index is 4.64. The lowest BCUT2D eigenvalue weighted by Crippen LogP contribution is -2.12. The highest BCUT2D eigenvalue weighted by Crippen LogP contribution is 2.23. The first kappa shape index (κ1) is 16.7. The number of nitrogens with one attached hydrogen (secondary N) is 3. The van der Waals surface area contributed by atoms with Crippen LogP contribution in [-0.2, 0) is 0 Å². The van der Waals surface area contributed by atoms with Crippen molar-refractivity contribution in [3.63, 3.8) is 0 Å². The average molecular weight is 334 g/mol. The average Bonchev–Trinajstić information content (AvgIpc) is 2.62. The second kappa shape index (κ2) is 7.61. The standard InChI is InChI=1S/C19H22N6/c1-13(2)22-17-11-18(23-15-9-10-16(20-3)21-12-15)25-19(24-17)14-7-5-4-6-8-14/h4-13H,1-3H3,(H,20,21)(H2,22,23,24,25). The Labute approximate surface area is 147 Å². The number of nitrogens with zero attached hydrogens (tertiary/aromatic N) is 3. The molecule has 2 aromatic heterocycles. The number of hydrogen-bond acceptors (Lipinski definition) is 6. The number of aromatic nitrogens is 3. The first-order valence-electron chi connectivity index (χ1n) is 8.26. The lowest BCUT2D eigenvalue weighted by molar-refractivity contribution is 0.887. The van der Waals surface area contributed by atoms with Crippen molar-refractivity contribution in [3.05, 3.63) is 54.7 Å². The summed E-state index contributed by atoms with van der Waals surface area (Å²) in [6.45, 7) is 4.16. The Morgan fingerprint density at radius 3 is 2.28 bits per heavy atom. The monoisotopic (exact) mass is 334 g/mol. The third-order valence-corrected chi connectivity index (χ3v) is 3.49. The van der Waals surface area contributed by atoms with Gasteiger partial charge < -0.3 is 16.0 Å². The minimum Gasteiger partial charge on any atom is -0.373 e. The van der Waals surface area contributed by atoms with Crippen LogP contribution in [0.4, 0.5) is 23.1 Å². The number of pyridine rings is 1. The van der Waals surface area contributed by atoms with Gasteiger partial charge in [-0.15, -0.1) is 0 Å². The van der Waals surface area contributed by atoms with Crippen LogP contribution in [0.2, 0.25) is 0 Å². The predicted octanol–water partition coefficient (Wildman–Crippen LogP) is 4.14. The molecule has 0 atom stereocenters. The Morgan fingerprint density at radius 2 is 1.64 bits per heavy atom. The SMILES string of the molecule is CNc1ccc(Nc2cc(NC(C)C)nc(-c3ccccc3)n2)cn1. The molecule has 0 saturated heterocycles. The maximum atomic E-state index is 4.64. The van der Waals surface area contributed by atoms with Crippen LogP contribution in [0.5, 0.6) is 0 Å². The fourth-order valence-electron chi connectivity index (χ4n) is 2.36. The normalized spacial score (nSPS) is 10.6. The summed E-state index contributed by atoms with van der Waals surface area (Å²) in [6, 6.07) is 16.0. The second-order valence-electron chi connectivity index (χ2n) is 5.93. The fraction of sp³-hybridized carbons (Fsp3) is 0.211. The van der Waals surface area contributed by atoms with E-state index in [0.29, 0.717) is 5.82 Å². The summed E-state index contributed by atoms with van der Waals surface area (Å²) in [5.74, 6) is 3.00. The third kappa shape index (κ3) is 4.44. The van der Waals surface area contributed by atoms with E-state index in [1.807, 2.05) is 55.6 Å². The van der Waals surface area contributed by atoms with Crippen molar-refractivity contribution < 1.29 is 0 Å². The molecule has 0 unspecified atom stereocenters. The Kier molecular flexibility index (Phi) is 5.09. The van der Waals surface area contributed by atoms with Crippen molar-refractivity contribution in [2.75, 3.05) is 23.0 Å². The van der Waals surface area contributed by atoms with Gasteiger partial charge in [-0.2, -0.15) is 0 Å². The largest absolute Gasteiger partial charge is 0.373 e.